The summed E-state index contributed by atoms with van der Waals surface area (Å²) in [6, 6.07) is 8.69. The van der Waals surface area contributed by atoms with E-state index in [4.69, 9.17) is 37.4 Å². The van der Waals surface area contributed by atoms with E-state index in [1.54, 1.807) is 39.5 Å². The topological polar surface area (TPSA) is 48.0 Å². The third-order valence-corrected chi connectivity index (χ3v) is 4.97. The predicted octanol–water partition coefficient (Wildman–Crippen LogP) is 5.64. The zero-order chi connectivity index (χ0) is 20.8. The lowest BCUT2D eigenvalue weighted by Crippen LogP contribution is -2.30. The summed E-state index contributed by atoms with van der Waals surface area (Å²) in [6.45, 7) is 5.01. The fraction of sp³-hybridized carbons (Fsp3) is 0.381. The first-order valence-electron chi connectivity index (χ1n) is 8.88. The SMILES string of the molecule is COCCN(C)C(=O)c1ccc(Cl)c(Oc2ccc(OC)c(C(C)C)c2)c1Cl. The molecule has 2 rings (SSSR count). The highest BCUT2D eigenvalue weighted by molar-refractivity contribution is 6.39. The summed E-state index contributed by atoms with van der Waals surface area (Å²) in [5.41, 5.74) is 1.32. The Labute approximate surface area is 176 Å². The number of ether oxygens (including phenoxy) is 3. The smallest absolute Gasteiger partial charge is 0.255 e. The molecule has 0 aliphatic carbocycles. The highest BCUT2D eigenvalue weighted by Crippen LogP contribution is 2.40. The second-order valence-electron chi connectivity index (χ2n) is 6.62. The van der Waals surface area contributed by atoms with Gasteiger partial charge < -0.3 is 19.1 Å². The van der Waals surface area contributed by atoms with Gasteiger partial charge in [-0.2, -0.15) is 0 Å². The van der Waals surface area contributed by atoms with E-state index in [1.165, 1.54) is 4.90 Å². The van der Waals surface area contributed by atoms with Crippen LogP contribution >= 0.6 is 23.2 Å². The lowest BCUT2D eigenvalue weighted by Gasteiger charge is -2.19. The maximum absolute atomic E-state index is 12.7. The second-order valence-corrected chi connectivity index (χ2v) is 7.40. The van der Waals surface area contributed by atoms with Gasteiger partial charge in [0.05, 0.1) is 29.3 Å². The summed E-state index contributed by atoms with van der Waals surface area (Å²) >= 11 is 12.8. The van der Waals surface area contributed by atoms with Crippen molar-refractivity contribution in [3.05, 3.63) is 51.5 Å². The van der Waals surface area contributed by atoms with Crippen LogP contribution in [0.25, 0.3) is 0 Å². The van der Waals surface area contributed by atoms with Crippen LogP contribution in [0.15, 0.2) is 30.3 Å². The van der Waals surface area contributed by atoms with Gasteiger partial charge in [-0.15, -0.1) is 0 Å². The van der Waals surface area contributed by atoms with E-state index in [2.05, 4.69) is 13.8 Å². The fourth-order valence-corrected chi connectivity index (χ4v) is 3.20. The van der Waals surface area contributed by atoms with Gasteiger partial charge in [-0.3, -0.25) is 4.79 Å². The van der Waals surface area contributed by atoms with Gasteiger partial charge >= 0.3 is 0 Å². The van der Waals surface area contributed by atoms with Crippen molar-refractivity contribution in [3.8, 4) is 17.2 Å². The van der Waals surface area contributed by atoms with Crippen molar-refractivity contribution < 1.29 is 19.0 Å². The Kier molecular flexibility index (Phi) is 7.98. The summed E-state index contributed by atoms with van der Waals surface area (Å²) in [6.07, 6.45) is 0. The first kappa shape index (κ1) is 22.3. The lowest BCUT2D eigenvalue weighted by molar-refractivity contribution is 0.0744. The quantitative estimate of drug-likeness (QED) is 0.549. The van der Waals surface area contributed by atoms with E-state index < -0.39 is 0 Å². The summed E-state index contributed by atoms with van der Waals surface area (Å²) in [7, 11) is 4.90. The number of halogens is 2. The minimum atomic E-state index is -0.235. The molecule has 0 saturated carbocycles. The predicted molar refractivity (Wildman–Crippen MR) is 112 cm³/mol. The number of hydrogen-bond donors (Lipinski definition) is 0. The molecule has 0 spiro atoms. The molecule has 7 heteroatoms. The normalized spacial score (nSPS) is 10.9. The molecule has 0 saturated heterocycles. The van der Waals surface area contributed by atoms with E-state index in [9.17, 15) is 4.79 Å². The van der Waals surface area contributed by atoms with E-state index in [0.29, 0.717) is 29.5 Å². The van der Waals surface area contributed by atoms with Crippen LogP contribution in [-0.2, 0) is 4.74 Å². The molecule has 0 atom stereocenters. The fourth-order valence-electron chi connectivity index (χ4n) is 2.67. The molecule has 0 unspecified atom stereocenters. The molecule has 5 nitrogen and oxygen atoms in total. The van der Waals surface area contributed by atoms with Crippen LogP contribution in [0, 0.1) is 0 Å². The number of likely N-dealkylation sites (N-methyl/N-ethyl adjacent to an activating group) is 1. The van der Waals surface area contributed by atoms with Crippen molar-refractivity contribution in [1.82, 2.24) is 4.90 Å². The molecule has 0 N–H and O–H groups in total. The Bertz CT molecular complexity index is 839. The number of nitrogens with zero attached hydrogens (tertiary/aromatic N) is 1. The first-order chi connectivity index (χ1) is 13.3. The maximum Gasteiger partial charge on any atom is 0.255 e. The zero-order valence-corrected chi connectivity index (χ0v) is 18.2. The minimum Gasteiger partial charge on any atom is -0.496 e. The highest BCUT2D eigenvalue weighted by atomic mass is 35.5. The largest absolute Gasteiger partial charge is 0.496 e. The standard InChI is InChI=1S/C21H25Cl2NO4/c1-13(2)16-12-14(6-9-18(16)27-5)28-20-17(22)8-7-15(19(20)23)21(25)24(3)10-11-26-4/h6-9,12-13H,10-11H2,1-5H3. The number of amides is 1. The van der Waals surface area contributed by atoms with Gasteiger partial charge in [0.25, 0.3) is 5.91 Å². The van der Waals surface area contributed by atoms with Gasteiger partial charge in [0.1, 0.15) is 11.5 Å². The van der Waals surface area contributed by atoms with Gasteiger partial charge in [0, 0.05) is 26.3 Å². The van der Waals surface area contributed by atoms with Gasteiger partial charge in [-0.1, -0.05) is 37.0 Å². The lowest BCUT2D eigenvalue weighted by atomic mass is 10.0. The molecule has 0 radical (unpaired) electrons. The molecule has 0 heterocycles. The van der Waals surface area contributed by atoms with Crippen LogP contribution in [0.1, 0.15) is 35.7 Å². The maximum atomic E-state index is 12.7. The Morgan fingerprint density at radius 1 is 1.14 bits per heavy atom. The van der Waals surface area contributed by atoms with Crippen molar-refractivity contribution in [2.24, 2.45) is 0 Å². The van der Waals surface area contributed by atoms with Crippen LogP contribution in [0.5, 0.6) is 17.2 Å². The van der Waals surface area contributed by atoms with E-state index in [1.807, 2.05) is 12.1 Å². The summed E-state index contributed by atoms with van der Waals surface area (Å²) in [5, 5.41) is 0.492. The number of hydrogen-bond acceptors (Lipinski definition) is 4. The zero-order valence-electron chi connectivity index (χ0n) is 16.7. The number of methoxy groups -OCH3 is 2. The highest BCUT2D eigenvalue weighted by Gasteiger charge is 2.21. The molecule has 0 aliphatic rings. The Morgan fingerprint density at radius 3 is 2.46 bits per heavy atom. The molecule has 28 heavy (non-hydrogen) atoms. The Balaban J connectivity index is 2.37. The van der Waals surface area contributed by atoms with E-state index in [0.717, 1.165) is 11.3 Å². The average molecular weight is 426 g/mol. The minimum absolute atomic E-state index is 0.170. The van der Waals surface area contributed by atoms with Crippen LogP contribution in [0.4, 0.5) is 0 Å². The number of benzene rings is 2. The number of carbonyl (C=O) groups excluding carboxylic acids is 1. The number of carbonyl (C=O) groups is 1. The van der Waals surface area contributed by atoms with E-state index >= 15 is 0 Å². The molecule has 2 aromatic carbocycles. The van der Waals surface area contributed by atoms with Gasteiger partial charge in [0.15, 0.2) is 5.75 Å². The molecule has 2 aromatic rings. The molecule has 0 fully saturated rings. The van der Waals surface area contributed by atoms with Crippen LogP contribution in [0.3, 0.4) is 0 Å². The van der Waals surface area contributed by atoms with Crippen molar-refractivity contribution in [2.75, 3.05) is 34.4 Å². The monoisotopic (exact) mass is 425 g/mol. The van der Waals surface area contributed by atoms with Crippen LogP contribution < -0.4 is 9.47 Å². The Hall–Kier alpha value is -1.95. The van der Waals surface area contributed by atoms with E-state index in [-0.39, 0.29) is 22.6 Å². The number of rotatable bonds is 8. The van der Waals surface area contributed by atoms with Gasteiger partial charge in [-0.25, -0.2) is 0 Å². The van der Waals surface area contributed by atoms with Crippen molar-refractivity contribution in [3.63, 3.8) is 0 Å². The second kappa shape index (κ2) is 10.0. The molecule has 0 aliphatic heterocycles. The van der Waals surface area contributed by atoms with Gasteiger partial charge in [-0.05, 0) is 36.2 Å². The average Bonchev–Trinajstić information content (AvgIpc) is 2.68. The molecule has 0 bridgehead atoms. The molecule has 0 aromatic heterocycles. The van der Waals surface area contributed by atoms with Gasteiger partial charge in [0.2, 0.25) is 0 Å². The van der Waals surface area contributed by atoms with Crippen molar-refractivity contribution in [1.29, 1.82) is 0 Å². The third kappa shape index (κ3) is 5.10. The molecular weight excluding hydrogens is 401 g/mol. The summed E-state index contributed by atoms with van der Waals surface area (Å²) < 4.78 is 16.4. The summed E-state index contributed by atoms with van der Waals surface area (Å²) in [5.74, 6) is 1.59. The molecule has 152 valence electrons. The summed E-state index contributed by atoms with van der Waals surface area (Å²) in [4.78, 5) is 14.2. The van der Waals surface area contributed by atoms with Crippen LogP contribution in [0.2, 0.25) is 10.0 Å². The Morgan fingerprint density at radius 2 is 1.86 bits per heavy atom. The van der Waals surface area contributed by atoms with Crippen LogP contribution in [-0.4, -0.2) is 45.2 Å². The molecule has 1 amide bonds. The van der Waals surface area contributed by atoms with Crippen molar-refractivity contribution >= 4 is 29.1 Å². The molecular formula is C21H25Cl2NO4. The van der Waals surface area contributed by atoms with Crippen molar-refractivity contribution in [2.45, 2.75) is 19.8 Å². The first-order valence-corrected chi connectivity index (χ1v) is 9.63. The third-order valence-electron chi connectivity index (χ3n) is 4.30.